The highest BCUT2D eigenvalue weighted by Gasteiger charge is 2.05. The molecule has 0 bridgehead atoms. The summed E-state index contributed by atoms with van der Waals surface area (Å²) in [5.41, 5.74) is 7.66. The minimum Gasteiger partial charge on any atom is -0.489 e. The van der Waals surface area contributed by atoms with Crippen molar-refractivity contribution in [1.82, 2.24) is 0 Å². The molecule has 0 saturated carbocycles. The molecule has 0 unspecified atom stereocenters. The van der Waals surface area contributed by atoms with Gasteiger partial charge in [0.25, 0.3) is 0 Å². The summed E-state index contributed by atoms with van der Waals surface area (Å²) in [5.74, 6) is 0.743. The van der Waals surface area contributed by atoms with Gasteiger partial charge in [-0.05, 0) is 23.8 Å². The van der Waals surface area contributed by atoms with Crippen LogP contribution in [0, 0.1) is 0 Å². The predicted molar refractivity (Wildman–Crippen MR) is 80.3 cm³/mol. The Hall–Kier alpha value is -1.77. The zero-order valence-electron chi connectivity index (χ0n) is 10.6. The van der Waals surface area contributed by atoms with Gasteiger partial charge in [0.1, 0.15) is 12.4 Å². The number of hydrogen-bond donors (Lipinski definition) is 1. The quantitative estimate of drug-likeness (QED) is 0.897. The highest BCUT2D eigenvalue weighted by atomic mass is 35.5. The van der Waals surface area contributed by atoms with Gasteiger partial charge in [0.2, 0.25) is 0 Å². The molecule has 0 radical (unpaired) electrons. The van der Waals surface area contributed by atoms with E-state index in [4.69, 9.17) is 22.1 Å². The summed E-state index contributed by atoms with van der Waals surface area (Å²) in [5, 5.41) is 0.645. The molecule has 98 valence electrons. The monoisotopic (exact) mass is 273 g/mol. The van der Waals surface area contributed by atoms with E-state index < -0.39 is 0 Å². The van der Waals surface area contributed by atoms with Crippen molar-refractivity contribution in [3.8, 4) is 5.75 Å². The zero-order chi connectivity index (χ0) is 13.5. The first kappa shape index (κ1) is 13.7. The first-order valence-electron chi connectivity index (χ1n) is 6.13. The Morgan fingerprint density at radius 2 is 1.84 bits per heavy atom. The minimum absolute atomic E-state index is 0.372. The van der Waals surface area contributed by atoms with Gasteiger partial charge in [-0.3, -0.25) is 0 Å². The fraction of sp³-hybridized carbons (Fsp3) is 0.125. The van der Waals surface area contributed by atoms with Crippen LogP contribution in [0.1, 0.15) is 11.1 Å². The van der Waals surface area contributed by atoms with E-state index in [1.165, 1.54) is 0 Å². The number of hydrogen-bond acceptors (Lipinski definition) is 2. The van der Waals surface area contributed by atoms with Crippen molar-refractivity contribution < 1.29 is 4.74 Å². The predicted octanol–water partition coefficient (Wildman–Crippen LogP) is 3.89. The van der Waals surface area contributed by atoms with Gasteiger partial charge in [-0.2, -0.15) is 0 Å². The van der Waals surface area contributed by atoms with Crippen molar-refractivity contribution in [3.63, 3.8) is 0 Å². The van der Waals surface area contributed by atoms with E-state index in [0.717, 1.165) is 16.9 Å². The molecule has 0 aromatic heterocycles. The third-order valence-electron chi connectivity index (χ3n) is 2.72. The second-order valence-corrected chi connectivity index (χ2v) is 4.45. The van der Waals surface area contributed by atoms with Crippen LogP contribution in [-0.4, -0.2) is 6.61 Å². The van der Waals surface area contributed by atoms with Gasteiger partial charge in [-0.25, -0.2) is 0 Å². The Morgan fingerprint density at radius 1 is 1.05 bits per heavy atom. The Kier molecular flexibility index (Phi) is 5.01. The molecule has 3 heteroatoms. The van der Waals surface area contributed by atoms with Gasteiger partial charge >= 0.3 is 0 Å². The topological polar surface area (TPSA) is 35.2 Å². The molecule has 0 aliphatic rings. The smallest absolute Gasteiger partial charge is 0.125 e. The van der Waals surface area contributed by atoms with E-state index in [1.54, 1.807) is 0 Å². The van der Waals surface area contributed by atoms with E-state index in [-0.39, 0.29) is 0 Å². The van der Waals surface area contributed by atoms with Gasteiger partial charge in [0.05, 0.1) is 0 Å². The molecular formula is C16H16ClNO. The standard InChI is InChI=1S/C16H16ClNO/c17-15-9-4-10-16(14(15)12-18)19-11-5-8-13-6-2-1-3-7-13/h1-10H,11-12,18H2/b8-5+. The number of nitrogens with two attached hydrogens (primary N) is 1. The first-order chi connectivity index (χ1) is 9.31. The van der Waals surface area contributed by atoms with E-state index in [1.807, 2.05) is 60.7 Å². The lowest BCUT2D eigenvalue weighted by atomic mass is 10.2. The lowest BCUT2D eigenvalue weighted by Gasteiger charge is -2.09. The van der Waals surface area contributed by atoms with E-state index in [2.05, 4.69) is 0 Å². The third kappa shape index (κ3) is 3.85. The van der Waals surface area contributed by atoms with Crippen LogP contribution in [0.15, 0.2) is 54.6 Å². The van der Waals surface area contributed by atoms with Crippen LogP contribution in [-0.2, 0) is 6.54 Å². The molecule has 2 N–H and O–H groups in total. The summed E-state index contributed by atoms with van der Waals surface area (Å²) in [7, 11) is 0. The molecule has 2 aromatic rings. The van der Waals surface area contributed by atoms with Crippen molar-refractivity contribution in [3.05, 3.63) is 70.8 Å². The Labute approximate surface area is 118 Å². The van der Waals surface area contributed by atoms with Gasteiger partial charge < -0.3 is 10.5 Å². The normalized spacial score (nSPS) is 10.8. The molecule has 2 nitrogen and oxygen atoms in total. The van der Waals surface area contributed by atoms with Gasteiger partial charge in [-0.1, -0.05) is 54.1 Å². The highest BCUT2D eigenvalue weighted by Crippen LogP contribution is 2.25. The number of rotatable bonds is 5. The molecule has 2 rings (SSSR count). The second kappa shape index (κ2) is 6.98. The number of benzene rings is 2. The average Bonchev–Trinajstić information content (AvgIpc) is 2.45. The van der Waals surface area contributed by atoms with Crippen molar-refractivity contribution in [2.24, 2.45) is 5.73 Å². The largest absolute Gasteiger partial charge is 0.489 e. The Bertz CT molecular complexity index is 552. The molecular weight excluding hydrogens is 258 g/mol. The summed E-state index contributed by atoms with van der Waals surface area (Å²) in [6, 6.07) is 15.6. The molecule has 0 saturated heterocycles. The fourth-order valence-corrected chi connectivity index (χ4v) is 2.00. The summed E-state index contributed by atoms with van der Waals surface area (Å²) in [6.45, 7) is 0.861. The molecule has 0 fully saturated rings. The van der Waals surface area contributed by atoms with Crippen LogP contribution in [0.25, 0.3) is 6.08 Å². The molecule has 0 atom stereocenters. The fourth-order valence-electron chi connectivity index (χ4n) is 1.76. The zero-order valence-corrected chi connectivity index (χ0v) is 11.3. The minimum atomic E-state index is 0.372. The van der Waals surface area contributed by atoms with Crippen LogP contribution in [0.5, 0.6) is 5.75 Å². The molecule has 19 heavy (non-hydrogen) atoms. The highest BCUT2D eigenvalue weighted by molar-refractivity contribution is 6.31. The Morgan fingerprint density at radius 3 is 2.58 bits per heavy atom. The van der Waals surface area contributed by atoms with E-state index in [9.17, 15) is 0 Å². The maximum Gasteiger partial charge on any atom is 0.125 e. The number of halogens is 1. The maximum atomic E-state index is 6.06. The average molecular weight is 274 g/mol. The van der Waals surface area contributed by atoms with E-state index >= 15 is 0 Å². The molecule has 0 amide bonds. The molecule has 0 spiro atoms. The van der Waals surface area contributed by atoms with Gasteiger partial charge in [-0.15, -0.1) is 0 Å². The summed E-state index contributed by atoms with van der Waals surface area (Å²) >= 11 is 6.06. The summed E-state index contributed by atoms with van der Waals surface area (Å²) in [6.07, 6.45) is 3.99. The lowest BCUT2D eigenvalue weighted by Crippen LogP contribution is -2.03. The van der Waals surface area contributed by atoms with Crippen LogP contribution < -0.4 is 10.5 Å². The maximum absolute atomic E-state index is 6.06. The van der Waals surface area contributed by atoms with Crippen molar-refractivity contribution in [2.45, 2.75) is 6.54 Å². The lowest BCUT2D eigenvalue weighted by molar-refractivity contribution is 0.359. The second-order valence-electron chi connectivity index (χ2n) is 4.04. The first-order valence-corrected chi connectivity index (χ1v) is 6.51. The van der Waals surface area contributed by atoms with Crippen LogP contribution in [0.2, 0.25) is 5.02 Å². The van der Waals surface area contributed by atoms with Crippen LogP contribution in [0.4, 0.5) is 0 Å². The summed E-state index contributed by atoms with van der Waals surface area (Å²) < 4.78 is 5.68. The third-order valence-corrected chi connectivity index (χ3v) is 3.08. The molecule has 2 aromatic carbocycles. The molecule has 0 aliphatic carbocycles. The van der Waals surface area contributed by atoms with Crippen molar-refractivity contribution >= 4 is 17.7 Å². The van der Waals surface area contributed by atoms with Crippen molar-refractivity contribution in [1.29, 1.82) is 0 Å². The SMILES string of the molecule is NCc1c(Cl)cccc1OC/C=C/c1ccccc1. The number of ether oxygens (including phenoxy) is 1. The van der Waals surface area contributed by atoms with Crippen LogP contribution in [0.3, 0.4) is 0 Å². The molecule has 0 aliphatic heterocycles. The molecule has 0 heterocycles. The van der Waals surface area contributed by atoms with Crippen LogP contribution >= 0.6 is 11.6 Å². The van der Waals surface area contributed by atoms with E-state index in [0.29, 0.717) is 18.2 Å². The Balaban J connectivity index is 1.96. The van der Waals surface area contributed by atoms with Crippen molar-refractivity contribution in [2.75, 3.05) is 6.61 Å². The summed E-state index contributed by atoms with van der Waals surface area (Å²) in [4.78, 5) is 0. The van der Waals surface area contributed by atoms with Gasteiger partial charge in [0, 0.05) is 17.1 Å². The van der Waals surface area contributed by atoms with Gasteiger partial charge in [0.15, 0.2) is 0 Å².